The molecule has 3 rings (SSSR count). The Hall–Kier alpha value is -3.62. The van der Waals surface area contributed by atoms with Crippen LogP contribution in [0.3, 0.4) is 0 Å². The largest absolute Gasteiger partial charge is 0.496 e. The summed E-state index contributed by atoms with van der Waals surface area (Å²) in [6.07, 6.45) is 1.56. The topological polar surface area (TPSA) is 59.3 Å². The third-order valence-corrected chi connectivity index (χ3v) is 5.14. The van der Waals surface area contributed by atoms with E-state index in [0.29, 0.717) is 33.8 Å². The summed E-state index contributed by atoms with van der Waals surface area (Å²) in [5, 5.41) is 9.87. The van der Waals surface area contributed by atoms with E-state index in [9.17, 15) is 14.4 Å². The standard InChI is InChI=1S/C25H19ClFNO3/c1-30-23-12-11-17(13-18(15-28)24(29)16-7-4-3-5-8-16)25(31-2)20(23)14-19-21(26)9-6-10-22(19)27/h3-13H,14H2,1-2H3. The molecule has 0 radical (unpaired) electrons. The zero-order valence-corrected chi connectivity index (χ0v) is 17.7. The molecule has 156 valence electrons. The predicted octanol–water partition coefficient (Wildman–Crippen LogP) is 5.88. The molecule has 0 aromatic heterocycles. The zero-order valence-electron chi connectivity index (χ0n) is 17.0. The number of hydrogen-bond donors (Lipinski definition) is 0. The molecule has 0 aliphatic heterocycles. The van der Waals surface area contributed by atoms with Crippen LogP contribution in [0.5, 0.6) is 11.5 Å². The molecule has 0 aliphatic carbocycles. The number of carbonyl (C=O) groups is 1. The van der Waals surface area contributed by atoms with Crippen LogP contribution in [0.1, 0.15) is 27.0 Å². The second kappa shape index (κ2) is 9.92. The number of nitrogens with zero attached hydrogens (tertiary/aromatic N) is 1. The van der Waals surface area contributed by atoms with Crippen molar-refractivity contribution in [3.8, 4) is 17.6 Å². The zero-order chi connectivity index (χ0) is 22.4. The molecular formula is C25H19ClFNO3. The van der Waals surface area contributed by atoms with Crippen LogP contribution in [0.4, 0.5) is 4.39 Å². The van der Waals surface area contributed by atoms with Gasteiger partial charge in [-0.1, -0.05) is 48.0 Å². The fraction of sp³-hybridized carbons (Fsp3) is 0.120. The summed E-state index contributed by atoms with van der Waals surface area (Å²) in [6.45, 7) is 0. The first-order valence-electron chi connectivity index (χ1n) is 9.38. The van der Waals surface area contributed by atoms with Crippen molar-refractivity contribution >= 4 is 23.5 Å². The molecule has 4 nitrogen and oxygen atoms in total. The first-order chi connectivity index (χ1) is 15.0. The minimum Gasteiger partial charge on any atom is -0.496 e. The van der Waals surface area contributed by atoms with Gasteiger partial charge in [-0.3, -0.25) is 4.79 Å². The quantitative estimate of drug-likeness (QED) is 0.264. The fourth-order valence-electron chi connectivity index (χ4n) is 3.27. The van der Waals surface area contributed by atoms with Crippen molar-refractivity contribution in [2.75, 3.05) is 14.2 Å². The van der Waals surface area contributed by atoms with Gasteiger partial charge in [-0.15, -0.1) is 0 Å². The summed E-state index contributed by atoms with van der Waals surface area (Å²) in [6, 6.07) is 18.3. The van der Waals surface area contributed by atoms with Crippen LogP contribution >= 0.6 is 11.6 Å². The van der Waals surface area contributed by atoms with Gasteiger partial charge in [-0.05, 0) is 30.3 Å². The molecule has 3 aromatic carbocycles. The summed E-state index contributed by atoms with van der Waals surface area (Å²) in [5.41, 5.74) is 1.69. The number of allylic oxidation sites excluding steroid dienone is 1. The first-order valence-corrected chi connectivity index (χ1v) is 9.76. The Balaban J connectivity index is 2.12. The molecule has 0 amide bonds. The summed E-state index contributed by atoms with van der Waals surface area (Å²) in [5.74, 6) is -0.0114. The van der Waals surface area contributed by atoms with Crippen molar-refractivity contribution < 1.29 is 18.7 Å². The number of Topliss-reactive ketones (excluding diaryl/α,β-unsaturated/α-hetero) is 1. The van der Waals surface area contributed by atoms with Crippen molar-refractivity contribution in [2.45, 2.75) is 6.42 Å². The van der Waals surface area contributed by atoms with E-state index in [4.69, 9.17) is 21.1 Å². The minimum atomic E-state index is -0.450. The number of nitriles is 1. The predicted molar refractivity (Wildman–Crippen MR) is 118 cm³/mol. The number of halogens is 2. The summed E-state index contributed by atoms with van der Waals surface area (Å²) in [4.78, 5) is 12.7. The Morgan fingerprint density at radius 3 is 2.39 bits per heavy atom. The maximum atomic E-state index is 14.4. The molecule has 0 heterocycles. The Bertz CT molecular complexity index is 1160. The SMILES string of the molecule is COc1ccc(C=C(C#N)C(=O)c2ccccc2)c(OC)c1Cc1c(F)cccc1Cl. The lowest BCUT2D eigenvalue weighted by atomic mass is 9.97. The van der Waals surface area contributed by atoms with Gasteiger partial charge in [0.25, 0.3) is 0 Å². The monoisotopic (exact) mass is 435 g/mol. The maximum Gasteiger partial charge on any atom is 0.203 e. The van der Waals surface area contributed by atoms with Gasteiger partial charge in [-0.2, -0.15) is 5.26 Å². The maximum absolute atomic E-state index is 14.4. The average Bonchev–Trinajstić information content (AvgIpc) is 2.80. The van der Waals surface area contributed by atoms with E-state index in [1.807, 2.05) is 6.07 Å². The van der Waals surface area contributed by atoms with E-state index in [1.54, 1.807) is 48.5 Å². The van der Waals surface area contributed by atoms with Crippen LogP contribution in [0.2, 0.25) is 5.02 Å². The molecule has 0 atom stereocenters. The second-order valence-electron chi connectivity index (χ2n) is 6.61. The minimum absolute atomic E-state index is 0.0514. The van der Waals surface area contributed by atoms with Crippen LogP contribution in [0, 0.1) is 17.1 Å². The van der Waals surface area contributed by atoms with Gasteiger partial charge in [0.15, 0.2) is 0 Å². The van der Waals surface area contributed by atoms with Gasteiger partial charge in [0, 0.05) is 33.7 Å². The molecule has 0 spiro atoms. The van der Waals surface area contributed by atoms with Crippen molar-refractivity contribution in [2.24, 2.45) is 0 Å². The van der Waals surface area contributed by atoms with E-state index < -0.39 is 11.6 Å². The highest BCUT2D eigenvalue weighted by Gasteiger charge is 2.20. The smallest absolute Gasteiger partial charge is 0.203 e. The molecule has 6 heteroatoms. The summed E-state index contributed by atoms with van der Waals surface area (Å²) < 4.78 is 25.4. The van der Waals surface area contributed by atoms with Crippen molar-refractivity contribution in [1.82, 2.24) is 0 Å². The molecule has 0 fully saturated rings. The van der Waals surface area contributed by atoms with Gasteiger partial charge in [0.1, 0.15) is 29.0 Å². The van der Waals surface area contributed by atoms with Gasteiger partial charge >= 0.3 is 0 Å². The third kappa shape index (κ3) is 4.76. The van der Waals surface area contributed by atoms with Crippen LogP contribution < -0.4 is 9.47 Å². The number of methoxy groups -OCH3 is 2. The van der Waals surface area contributed by atoms with Crippen LogP contribution in [0.25, 0.3) is 6.08 Å². The molecule has 0 saturated heterocycles. The van der Waals surface area contributed by atoms with E-state index in [1.165, 1.54) is 32.4 Å². The number of ketones is 1. The number of benzene rings is 3. The van der Waals surface area contributed by atoms with E-state index in [-0.39, 0.29) is 17.0 Å². The molecule has 0 saturated carbocycles. The van der Waals surface area contributed by atoms with E-state index >= 15 is 0 Å². The molecule has 3 aromatic rings. The Labute approximate surface area is 185 Å². The van der Waals surface area contributed by atoms with Crippen LogP contribution in [-0.4, -0.2) is 20.0 Å². The lowest BCUT2D eigenvalue weighted by Gasteiger charge is -2.17. The van der Waals surface area contributed by atoms with E-state index in [2.05, 4.69) is 0 Å². The number of ether oxygens (including phenoxy) is 2. The van der Waals surface area contributed by atoms with E-state index in [0.717, 1.165) is 0 Å². The molecule has 31 heavy (non-hydrogen) atoms. The highest BCUT2D eigenvalue weighted by atomic mass is 35.5. The Morgan fingerprint density at radius 1 is 1.03 bits per heavy atom. The average molecular weight is 436 g/mol. The van der Waals surface area contributed by atoms with Crippen molar-refractivity contribution in [3.63, 3.8) is 0 Å². The fourth-order valence-corrected chi connectivity index (χ4v) is 3.50. The molecule has 0 N–H and O–H groups in total. The summed E-state index contributed by atoms with van der Waals surface area (Å²) in [7, 11) is 2.96. The summed E-state index contributed by atoms with van der Waals surface area (Å²) >= 11 is 6.21. The highest BCUT2D eigenvalue weighted by molar-refractivity contribution is 6.31. The Morgan fingerprint density at radius 2 is 1.77 bits per heavy atom. The van der Waals surface area contributed by atoms with Crippen molar-refractivity contribution in [3.05, 3.63) is 99.3 Å². The normalized spacial score (nSPS) is 11.0. The van der Waals surface area contributed by atoms with Gasteiger partial charge in [-0.25, -0.2) is 4.39 Å². The van der Waals surface area contributed by atoms with Gasteiger partial charge < -0.3 is 9.47 Å². The molecule has 0 bridgehead atoms. The Kier molecular flexibility index (Phi) is 7.07. The lowest BCUT2D eigenvalue weighted by Crippen LogP contribution is -2.04. The van der Waals surface area contributed by atoms with Crippen molar-refractivity contribution in [1.29, 1.82) is 5.26 Å². The van der Waals surface area contributed by atoms with Gasteiger partial charge in [0.2, 0.25) is 5.78 Å². The first kappa shape index (κ1) is 22.1. The molecule has 0 unspecified atom stereocenters. The second-order valence-corrected chi connectivity index (χ2v) is 7.02. The third-order valence-electron chi connectivity index (χ3n) is 4.79. The molecular weight excluding hydrogens is 417 g/mol. The highest BCUT2D eigenvalue weighted by Crippen LogP contribution is 2.37. The number of hydrogen-bond acceptors (Lipinski definition) is 4. The number of rotatable bonds is 7. The molecule has 0 aliphatic rings. The number of carbonyl (C=O) groups excluding carboxylic acids is 1. The van der Waals surface area contributed by atoms with Crippen LogP contribution in [-0.2, 0) is 6.42 Å². The van der Waals surface area contributed by atoms with Crippen LogP contribution in [0.15, 0.2) is 66.2 Å². The lowest BCUT2D eigenvalue weighted by molar-refractivity contribution is 0.104. The van der Waals surface area contributed by atoms with Gasteiger partial charge in [0.05, 0.1) is 14.2 Å².